The molecular weight excluding hydrogens is 334 g/mol. The molecule has 2 aromatic carbocycles. The molecule has 0 saturated heterocycles. The Morgan fingerprint density at radius 1 is 1.00 bits per heavy atom. The van der Waals surface area contributed by atoms with Gasteiger partial charge in [-0.3, -0.25) is 9.98 Å². The van der Waals surface area contributed by atoms with E-state index in [9.17, 15) is 0 Å². The van der Waals surface area contributed by atoms with Crippen molar-refractivity contribution in [3.8, 4) is 0 Å². The zero-order valence-electron chi connectivity index (χ0n) is 15.3. The summed E-state index contributed by atoms with van der Waals surface area (Å²) in [5.74, 6) is 1.62. The molecule has 3 aromatic rings. The van der Waals surface area contributed by atoms with E-state index in [1.54, 1.807) is 12.4 Å². The summed E-state index contributed by atoms with van der Waals surface area (Å²) in [6, 6.07) is 12.9. The number of amidine groups is 1. The molecule has 5 rings (SSSR count). The second-order valence-corrected chi connectivity index (χ2v) is 7.41. The molecule has 27 heavy (non-hydrogen) atoms. The molecular formula is C22H23N5. The molecule has 2 aliphatic rings. The molecule has 5 heteroatoms. The molecule has 1 aromatic heterocycles. The van der Waals surface area contributed by atoms with Crippen molar-refractivity contribution in [2.24, 2.45) is 10.9 Å². The van der Waals surface area contributed by atoms with E-state index in [2.05, 4.69) is 62.0 Å². The number of benzene rings is 2. The fourth-order valence-corrected chi connectivity index (χ4v) is 4.13. The van der Waals surface area contributed by atoms with Crippen LogP contribution in [0.15, 0.2) is 53.8 Å². The maximum absolute atomic E-state index is 4.54. The van der Waals surface area contributed by atoms with E-state index in [4.69, 9.17) is 0 Å². The Labute approximate surface area is 159 Å². The number of fused-ring (bicyclic) bond motifs is 2. The normalized spacial score (nSPS) is 16.4. The zero-order chi connectivity index (χ0) is 18.1. The van der Waals surface area contributed by atoms with Crippen molar-refractivity contribution in [3.05, 3.63) is 60.2 Å². The summed E-state index contributed by atoms with van der Waals surface area (Å²) < 4.78 is 0. The second kappa shape index (κ2) is 6.99. The lowest BCUT2D eigenvalue weighted by Crippen LogP contribution is -2.13. The van der Waals surface area contributed by atoms with Gasteiger partial charge in [0.2, 0.25) is 0 Å². The Morgan fingerprint density at radius 2 is 1.89 bits per heavy atom. The van der Waals surface area contributed by atoms with E-state index in [0.717, 1.165) is 35.4 Å². The van der Waals surface area contributed by atoms with Gasteiger partial charge in [0, 0.05) is 35.7 Å². The van der Waals surface area contributed by atoms with Crippen molar-refractivity contribution in [2.45, 2.75) is 32.2 Å². The van der Waals surface area contributed by atoms with Gasteiger partial charge < -0.3 is 10.6 Å². The third-order valence-corrected chi connectivity index (χ3v) is 5.58. The first-order chi connectivity index (χ1) is 13.4. The Morgan fingerprint density at radius 3 is 2.81 bits per heavy atom. The quantitative estimate of drug-likeness (QED) is 0.716. The summed E-state index contributed by atoms with van der Waals surface area (Å²) in [6.07, 6.45) is 8.91. The Balaban J connectivity index is 1.36. The Hall–Kier alpha value is -2.95. The van der Waals surface area contributed by atoms with Crippen LogP contribution in [-0.4, -0.2) is 22.3 Å². The number of anilines is 2. The van der Waals surface area contributed by atoms with Crippen molar-refractivity contribution in [1.82, 2.24) is 9.97 Å². The average Bonchev–Trinajstić information content (AvgIpc) is 3.36. The maximum Gasteiger partial charge on any atom is 0.154 e. The van der Waals surface area contributed by atoms with Crippen molar-refractivity contribution in [1.29, 1.82) is 0 Å². The number of nitrogens with one attached hydrogen (secondary N) is 2. The first-order valence-corrected chi connectivity index (χ1v) is 9.75. The smallest absolute Gasteiger partial charge is 0.154 e. The molecule has 0 radical (unpaired) electrons. The summed E-state index contributed by atoms with van der Waals surface area (Å²) >= 11 is 0. The molecule has 1 fully saturated rings. The monoisotopic (exact) mass is 357 g/mol. The highest BCUT2D eigenvalue weighted by molar-refractivity contribution is 6.10. The SMILES string of the molecule is c1cc(NCC2CCCC2)c2ccc(NC3=NCc4nccnc43)cc2c1. The number of hydrogen-bond acceptors (Lipinski definition) is 5. The van der Waals surface area contributed by atoms with E-state index in [0.29, 0.717) is 6.54 Å². The molecule has 1 saturated carbocycles. The molecule has 2 heterocycles. The fraction of sp³-hybridized carbons (Fsp3) is 0.318. The molecule has 1 aliphatic carbocycles. The van der Waals surface area contributed by atoms with Gasteiger partial charge in [0.1, 0.15) is 5.69 Å². The average molecular weight is 357 g/mol. The number of aromatic nitrogens is 2. The summed E-state index contributed by atoms with van der Waals surface area (Å²) in [5.41, 5.74) is 4.02. The van der Waals surface area contributed by atoms with Crippen molar-refractivity contribution >= 4 is 28.0 Å². The predicted molar refractivity (Wildman–Crippen MR) is 110 cm³/mol. The van der Waals surface area contributed by atoms with Crippen molar-refractivity contribution in [2.75, 3.05) is 17.2 Å². The molecule has 1 aliphatic heterocycles. The fourth-order valence-electron chi connectivity index (χ4n) is 4.13. The molecule has 0 atom stereocenters. The lowest BCUT2D eigenvalue weighted by Gasteiger charge is -2.15. The van der Waals surface area contributed by atoms with Gasteiger partial charge >= 0.3 is 0 Å². The van der Waals surface area contributed by atoms with Gasteiger partial charge in [0.25, 0.3) is 0 Å². The Bertz CT molecular complexity index is 1000. The van der Waals surface area contributed by atoms with Gasteiger partial charge in [-0.15, -0.1) is 0 Å². The third-order valence-electron chi connectivity index (χ3n) is 5.58. The number of nitrogens with zero attached hydrogens (tertiary/aromatic N) is 3. The number of aliphatic imine (C=N–C) groups is 1. The lowest BCUT2D eigenvalue weighted by atomic mass is 10.1. The third kappa shape index (κ3) is 3.25. The van der Waals surface area contributed by atoms with Crippen LogP contribution in [-0.2, 0) is 6.54 Å². The van der Waals surface area contributed by atoms with E-state index in [1.807, 2.05) is 0 Å². The van der Waals surface area contributed by atoms with Crippen LogP contribution in [0.5, 0.6) is 0 Å². The molecule has 5 nitrogen and oxygen atoms in total. The first-order valence-electron chi connectivity index (χ1n) is 9.75. The van der Waals surface area contributed by atoms with Crippen LogP contribution in [0.4, 0.5) is 11.4 Å². The molecule has 0 bridgehead atoms. The number of hydrogen-bond donors (Lipinski definition) is 2. The second-order valence-electron chi connectivity index (χ2n) is 7.41. The van der Waals surface area contributed by atoms with Crippen LogP contribution in [0.1, 0.15) is 37.1 Å². The predicted octanol–water partition coefficient (Wildman–Crippen LogP) is 4.60. The standard InChI is InChI=1S/C22H23N5/c1-2-5-15(4-1)13-25-19-7-3-6-16-12-17(8-9-18(16)19)27-22-21-20(14-26-22)23-10-11-24-21/h3,6-12,15,25H,1-2,4-5,13-14H2,(H,26,27). The highest BCUT2D eigenvalue weighted by atomic mass is 15.1. The van der Waals surface area contributed by atoms with Crippen LogP contribution >= 0.6 is 0 Å². The highest BCUT2D eigenvalue weighted by Gasteiger charge is 2.18. The van der Waals surface area contributed by atoms with Gasteiger partial charge in [-0.2, -0.15) is 0 Å². The van der Waals surface area contributed by atoms with Gasteiger partial charge in [-0.05, 0) is 42.3 Å². The maximum atomic E-state index is 4.54. The van der Waals surface area contributed by atoms with Gasteiger partial charge in [-0.1, -0.05) is 31.0 Å². The van der Waals surface area contributed by atoms with Crippen LogP contribution < -0.4 is 10.6 Å². The molecule has 0 unspecified atom stereocenters. The van der Waals surface area contributed by atoms with E-state index in [-0.39, 0.29) is 0 Å². The minimum Gasteiger partial charge on any atom is -0.384 e. The van der Waals surface area contributed by atoms with Crippen LogP contribution in [0.25, 0.3) is 10.8 Å². The largest absolute Gasteiger partial charge is 0.384 e. The van der Waals surface area contributed by atoms with Crippen LogP contribution in [0, 0.1) is 5.92 Å². The van der Waals surface area contributed by atoms with E-state index < -0.39 is 0 Å². The van der Waals surface area contributed by atoms with Crippen molar-refractivity contribution < 1.29 is 0 Å². The van der Waals surface area contributed by atoms with Gasteiger partial charge in [-0.25, -0.2) is 4.98 Å². The first kappa shape index (κ1) is 16.2. The topological polar surface area (TPSA) is 62.2 Å². The summed E-state index contributed by atoms with van der Waals surface area (Å²) in [4.78, 5) is 13.3. The van der Waals surface area contributed by atoms with Gasteiger partial charge in [0.15, 0.2) is 5.84 Å². The molecule has 0 amide bonds. The van der Waals surface area contributed by atoms with Crippen molar-refractivity contribution in [3.63, 3.8) is 0 Å². The zero-order valence-corrected chi connectivity index (χ0v) is 15.3. The summed E-state index contributed by atoms with van der Waals surface area (Å²) in [5, 5.41) is 9.56. The molecule has 136 valence electrons. The van der Waals surface area contributed by atoms with E-state index >= 15 is 0 Å². The number of rotatable bonds is 4. The molecule has 2 N–H and O–H groups in total. The summed E-state index contributed by atoms with van der Waals surface area (Å²) in [7, 11) is 0. The Kier molecular flexibility index (Phi) is 4.20. The minimum absolute atomic E-state index is 0.592. The van der Waals surface area contributed by atoms with Crippen LogP contribution in [0.2, 0.25) is 0 Å². The minimum atomic E-state index is 0.592. The lowest BCUT2D eigenvalue weighted by molar-refractivity contribution is 0.580. The van der Waals surface area contributed by atoms with Gasteiger partial charge in [0.05, 0.1) is 12.2 Å². The summed E-state index contributed by atoms with van der Waals surface area (Å²) in [6.45, 7) is 1.67. The molecule has 0 spiro atoms. The highest BCUT2D eigenvalue weighted by Crippen LogP contribution is 2.29. The van der Waals surface area contributed by atoms with Crippen LogP contribution in [0.3, 0.4) is 0 Å². The van der Waals surface area contributed by atoms with E-state index in [1.165, 1.54) is 42.1 Å².